The number of carbonyl (C=O) groups is 1. The van der Waals surface area contributed by atoms with Crippen molar-refractivity contribution in [3.05, 3.63) is 54.6 Å². The number of amides is 1. The third-order valence-corrected chi connectivity index (χ3v) is 5.50. The summed E-state index contributed by atoms with van der Waals surface area (Å²) in [5.41, 5.74) is 0.965. The Morgan fingerprint density at radius 1 is 1.04 bits per heavy atom. The van der Waals surface area contributed by atoms with E-state index < -0.39 is 0 Å². The molecule has 0 unspecified atom stereocenters. The molecule has 0 aliphatic carbocycles. The Labute approximate surface area is 151 Å². The number of rotatable bonds is 4. The molecule has 1 amide bonds. The van der Waals surface area contributed by atoms with Crippen molar-refractivity contribution >= 4 is 50.1 Å². The second kappa shape index (κ2) is 6.89. The highest BCUT2D eigenvalue weighted by Crippen LogP contribution is 2.36. The van der Waals surface area contributed by atoms with Crippen LogP contribution in [0.1, 0.15) is 19.8 Å². The number of benzene rings is 3. The van der Waals surface area contributed by atoms with Crippen molar-refractivity contribution in [2.24, 2.45) is 4.99 Å². The van der Waals surface area contributed by atoms with Gasteiger partial charge in [0, 0.05) is 17.3 Å². The summed E-state index contributed by atoms with van der Waals surface area (Å²) in [7, 11) is 0. The summed E-state index contributed by atoms with van der Waals surface area (Å²) >= 11 is 1.55. The highest BCUT2D eigenvalue weighted by Gasteiger charge is 2.27. The first-order valence-electron chi connectivity index (χ1n) is 8.70. The maximum absolute atomic E-state index is 12.2. The molecule has 0 radical (unpaired) electrons. The highest BCUT2D eigenvalue weighted by molar-refractivity contribution is 8.15. The molecule has 1 heterocycles. The summed E-state index contributed by atoms with van der Waals surface area (Å²) in [5, 5.41) is 5.44. The smallest absolute Gasteiger partial charge is 0.239 e. The van der Waals surface area contributed by atoms with E-state index >= 15 is 0 Å². The minimum absolute atomic E-state index is 0.168. The zero-order valence-corrected chi connectivity index (χ0v) is 15.1. The maximum Gasteiger partial charge on any atom is 0.239 e. The van der Waals surface area contributed by atoms with Crippen molar-refractivity contribution in [2.45, 2.75) is 19.8 Å². The van der Waals surface area contributed by atoms with E-state index in [1.807, 2.05) is 17.0 Å². The number of nitrogens with zero attached hydrogens (tertiary/aromatic N) is 2. The van der Waals surface area contributed by atoms with Crippen molar-refractivity contribution in [1.29, 1.82) is 0 Å². The molecule has 0 N–H and O–H groups in total. The van der Waals surface area contributed by atoms with Crippen LogP contribution < -0.4 is 0 Å². The number of hydrogen-bond acceptors (Lipinski definition) is 3. The average Bonchev–Trinajstić information content (AvgIpc) is 2.99. The van der Waals surface area contributed by atoms with Gasteiger partial charge in [0.15, 0.2) is 5.17 Å². The standard InChI is InChI=1S/C21H20N2OS/c1-2-3-12-23-19(24)14-25-21(23)22-20-17-10-6-4-8-15(17)13-16-9-5-7-11-18(16)20/h4-11,13H,2-3,12,14H2,1H3. The molecule has 1 fully saturated rings. The first-order chi connectivity index (χ1) is 12.3. The average molecular weight is 348 g/mol. The molecule has 0 bridgehead atoms. The van der Waals surface area contributed by atoms with Gasteiger partial charge in [-0.05, 0) is 23.3 Å². The lowest BCUT2D eigenvalue weighted by Crippen LogP contribution is -2.30. The number of amidine groups is 1. The zero-order chi connectivity index (χ0) is 17.2. The van der Waals surface area contributed by atoms with Gasteiger partial charge in [-0.15, -0.1) is 0 Å². The number of carbonyl (C=O) groups excluding carboxylic acids is 1. The van der Waals surface area contributed by atoms with Crippen molar-refractivity contribution in [2.75, 3.05) is 12.3 Å². The number of aliphatic imine (C=N–C) groups is 1. The Bertz CT molecular complexity index is 926. The van der Waals surface area contributed by atoms with Crippen LogP contribution in [0.5, 0.6) is 0 Å². The highest BCUT2D eigenvalue weighted by atomic mass is 32.2. The lowest BCUT2D eigenvalue weighted by Gasteiger charge is -2.16. The van der Waals surface area contributed by atoms with Gasteiger partial charge in [0.25, 0.3) is 0 Å². The lowest BCUT2D eigenvalue weighted by atomic mass is 10.0. The van der Waals surface area contributed by atoms with E-state index in [0.29, 0.717) is 5.75 Å². The fourth-order valence-electron chi connectivity index (χ4n) is 3.22. The van der Waals surface area contributed by atoms with Crippen LogP contribution in [-0.2, 0) is 4.79 Å². The van der Waals surface area contributed by atoms with Gasteiger partial charge in [0.05, 0.1) is 11.4 Å². The van der Waals surface area contributed by atoms with E-state index in [1.54, 1.807) is 11.8 Å². The summed E-state index contributed by atoms with van der Waals surface area (Å²) in [6.07, 6.45) is 2.07. The largest absolute Gasteiger partial charge is 0.291 e. The number of unbranched alkanes of at least 4 members (excludes halogenated alkanes) is 1. The molecule has 0 atom stereocenters. The second-order valence-electron chi connectivity index (χ2n) is 6.25. The molecule has 1 aliphatic rings. The predicted molar refractivity (Wildman–Crippen MR) is 108 cm³/mol. The predicted octanol–water partition coefficient (Wildman–Crippen LogP) is 5.36. The summed E-state index contributed by atoms with van der Waals surface area (Å²) < 4.78 is 0. The number of thioether (sulfide) groups is 1. The monoisotopic (exact) mass is 348 g/mol. The molecule has 4 rings (SSSR count). The van der Waals surface area contributed by atoms with Gasteiger partial charge in [-0.1, -0.05) is 73.6 Å². The summed E-state index contributed by atoms with van der Waals surface area (Å²) in [4.78, 5) is 19.1. The van der Waals surface area contributed by atoms with Gasteiger partial charge in [-0.3, -0.25) is 9.69 Å². The van der Waals surface area contributed by atoms with Gasteiger partial charge in [-0.2, -0.15) is 0 Å². The topological polar surface area (TPSA) is 32.7 Å². The number of hydrogen-bond donors (Lipinski definition) is 0. The van der Waals surface area contributed by atoms with Crippen LogP contribution in [0, 0.1) is 0 Å². The number of fused-ring (bicyclic) bond motifs is 2. The molecule has 25 heavy (non-hydrogen) atoms. The molecule has 3 aromatic carbocycles. The SMILES string of the molecule is CCCCN1C(=O)CSC1=Nc1c2ccccc2cc2ccccc12. The van der Waals surface area contributed by atoms with Crippen molar-refractivity contribution in [1.82, 2.24) is 4.90 Å². The van der Waals surface area contributed by atoms with Crippen LogP contribution in [0.25, 0.3) is 21.5 Å². The van der Waals surface area contributed by atoms with E-state index in [2.05, 4.69) is 49.4 Å². The van der Waals surface area contributed by atoms with E-state index in [-0.39, 0.29) is 5.91 Å². The fraction of sp³-hybridized carbons (Fsp3) is 0.238. The van der Waals surface area contributed by atoms with Crippen LogP contribution in [0.2, 0.25) is 0 Å². The molecule has 0 aromatic heterocycles. The van der Waals surface area contributed by atoms with E-state index in [1.165, 1.54) is 10.8 Å². The second-order valence-corrected chi connectivity index (χ2v) is 7.19. The van der Waals surface area contributed by atoms with Crippen molar-refractivity contribution in [3.8, 4) is 0 Å². The summed E-state index contributed by atoms with van der Waals surface area (Å²) in [5.74, 6) is 0.660. The maximum atomic E-state index is 12.2. The Morgan fingerprint density at radius 2 is 1.68 bits per heavy atom. The molecule has 0 saturated carbocycles. The Kier molecular flexibility index (Phi) is 4.45. The summed E-state index contributed by atoms with van der Waals surface area (Å²) in [6, 6.07) is 18.9. The zero-order valence-electron chi connectivity index (χ0n) is 14.2. The van der Waals surface area contributed by atoms with E-state index in [9.17, 15) is 4.79 Å². The van der Waals surface area contributed by atoms with Crippen LogP contribution in [0.4, 0.5) is 5.69 Å². The van der Waals surface area contributed by atoms with Crippen molar-refractivity contribution < 1.29 is 4.79 Å². The molecule has 126 valence electrons. The molecular weight excluding hydrogens is 328 g/mol. The molecular formula is C21H20N2OS. The lowest BCUT2D eigenvalue weighted by molar-refractivity contribution is -0.124. The fourth-order valence-corrected chi connectivity index (χ4v) is 4.14. The molecule has 0 spiro atoms. The van der Waals surface area contributed by atoms with E-state index in [4.69, 9.17) is 4.99 Å². The molecule has 1 aliphatic heterocycles. The molecule has 3 nitrogen and oxygen atoms in total. The first kappa shape index (κ1) is 16.2. The Balaban J connectivity index is 1.91. The Hall–Kier alpha value is -2.33. The first-order valence-corrected chi connectivity index (χ1v) is 9.69. The van der Waals surface area contributed by atoms with Gasteiger partial charge in [0.1, 0.15) is 0 Å². The molecule has 1 saturated heterocycles. The molecule has 4 heteroatoms. The normalized spacial score (nSPS) is 16.4. The van der Waals surface area contributed by atoms with Gasteiger partial charge in [-0.25, -0.2) is 4.99 Å². The van der Waals surface area contributed by atoms with Gasteiger partial charge in [0.2, 0.25) is 5.91 Å². The van der Waals surface area contributed by atoms with Crippen LogP contribution in [0.3, 0.4) is 0 Å². The van der Waals surface area contributed by atoms with E-state index in [0.717, 1.165) is 41.0 Å². The third kappa shape index (κ3) is 3.02. The quantitative estimate of drug-likeness (QED) is 0.595. The van der Waals surface area contributed by atoms with Crippen molar-refractivity contribution in [3.63, 3.8) is 0 Å². The minimum Gasteiger partial charge on any atom is -0.291 e. The Morgan fingerprint density at radius 3 is 2.32 bits per heavy atom. The third-order valence-electron chi connectivity index (χ3n) is 4.54. The van der Waals surface area contributed by atoms with Gasteiger partial charge >= 0.3 is 0 Å². The summed E-state index contributed by atoms with van der Waals surface area (Å²) in [6.45, 7) is 2.90. The van der Waals surface area contributed by atoms with Crippen LogP contribution in [0.15, 0.2) is 59.6 Å². The van der Waals surface area contributed by atoms with Crippen LogP contribution in [-0.4, -0.2) is 28.3 Å². The minimum atomic E-state index is 0.168. The molecule has 3 aromatic rings. The van der Waals surface area contributed by atoms with Crippen LogP contribution >= 0.6 is 11.8 Å². The van der Waals surface area contributed by atoms with Gasteiger partial charge < -0.3 is 0 Å².